The molecule has 1 atom stereocenters. The standard InChI is InChI=1S/C26H27NO8/c1-4-34-19-13-15(9-10-17(19)28)22-21(24(30)26(31)27(22)11-6-12-32-2)23(29)20-14-16-7-5-8-18(33-3)25(16)35-20/h5,7-10,13-14,22,28,30H,4,6,11-12H2,1-3H3. The van der Waals surface area contributed by atoms with Crippen molar-refractivity contribution < 1.29 is 38.4 Å². The molecule has 0 radical (unpaired) electrons. The number of carbonyl (C=O) groups is 2. The lowest BCUT2D eigenvalue weighted by atomic mass is 9.94. The molecule has 0 fully saturated rings. The van der Waals surface area contributed by atoms with Crippen molar-refractivity contribution in [3.8, 4) is 17.2 Å². The highest BCUT2D eigenvalue weighted by Gasteiger charge is 2.44. The number of aliphatic hydroxyl groups is 1. The van der Waals surface area contributed by atoms with E-state index in [0.29, 0.717) is 41.9 Å². The lowest BCUT2D eigenvalue weighted by Gasteiger charge is -2.27. The Hall–Kier alpha value is -3.98. The minimum atomic E-state index is -0.915. The van der Waals surface area contributed by atoms with E-state index in [0.717, 1.165) is 0 Å². The van der Waals surface area contributed by atoms with Gasteiger partial charge >= 0.3 is 0 Å². The van der Waals surface area contributed by atoms with Crippen LogP contribution in [0.2, 0.25) is 0 Å². The molecule has 1 unspecified atom stereocenters. The molecule has 9 nitrogen and oxygen atoms in total. The summed E-state index contributed by atoms with van der Waals surface area (Å²) < 4.78 is 21.7. The molecule has 0 bridgehead atoms. The predicted molar refractivity (Wildman–Crippen MR) is 127 cm³/mol. The van der Waals surface area contributed by atoms with Crippen LogP contribution in [0.15, 0.2) is 58.2 Å². The number of furan rings is 1. The smallest absolute Gasteiger partial charge is 0.290 e. The van der Waals surface area contributed by atoms with Gasteiger partial charge in [-0.3, -0.25) is 9.59 Å². The zero-order valence-electron chi connectivity index (χ0n) is 19.7. The second-order valence-electron chi connectivity index (χ2n) is 7.99. The number of methoxy groups -OCH3 is 2. The molecular formula is C26H27NO8. The van der Waals surface area contributed by atoms with Gasteiger partial charge in [0.1, 0.15) is 0 Å². The Labute approximate surface area is 202 Å². The molecule has 2 aromatic carbocycles. The van der Waals surface area contributed by atoms with E-state index in [9.17, 15) is 19.8 Å². The second-order valence-corrected chi connectivity index (χ2v) is 7.99. The maximum absolute atomic E-state index is 13.7. The van der Waals surface area contributed by atoms with Crippen LogP contribution in [0, 0.1) is 0 Å². The number of para-hydroxylation sites is 1. The molecule has 2 heterocycles. The second kappa shape index (κ2) is 10.1. The molecule has 1 aromatic heterocycles. The number of benzene rings is 2. The van der Waals surface area contributed by atoms with Gasteiger partial charge < -0.3 is 33.7 Å². The third-order valence-corrected chi connectivity index (χ3v) is 5.85. The lowest BCUT2D eigenvalue weighted by molar-refractivity contribution is -0.129. The van der Waals surface area contributed by atoms with Gasteiger partial charge in [0.25, 0.3) is 5.91 Å². The van der Waals surface area contributed by atoms with Crippen molar-refractivity contribution in [1.29, 1.82) is 0 Å². The molecule has 9 heteroatoms. The van der Waals surface area contributed by atoms with Crippen LogP contribution in [0.4, 0.5) is 0 Å². The van der Waals surface area contributed by atoms with Crippen LogP contribution in [0.5, 0.6) is 17.2 Å². The first-order valence-corrected chi connectivity index (χ1v) is 11.2. The Balaban J connectivity index is 1.80. The number of fused-ring (bicyclic) bond motifs is 1. The van der Waals surface area contributed by atoms with Crippen LogP contribution < -0.4 is 9.47 Å². The third-order valence-electron chi connectivity index (χ3n) is 5.85. The normalized spacial score (nSPS) is 15.8. The minimum absolute atomic E-state index is 0.0357. The number of rotatable bonds is 10. The van der Waals surface area contributed by atoms with Gasteiger partial charge in [-0.25, -0.2) is 0 Å². The average molecular weight is 482 g/mol. The molecule has 2 N–H and O–H groups in total. The largest absolute Gasteiger partial charge is 0.504 e. The Morgan fingerprint density at radius 1 is 1.11 bits per heavy atom. The molecule has 4 rings (SSSR count). The molecule has 1 aliphatic rings. The molecule has 0 spiro atoms. The number of hydrogen-bond acceptors (Lipinski definition) is 8. The zero-order chi connectivity index (χ0) is 25.1. The Kier molecular flexibility index (Phi) is 6.97. The summed E-state index contributed by atoms with van der Waals surface area (Å²) >= 11 is 0. The quantitative estimate of drug-likeness (QED) is 0.327. The van der Waals surface area contributed by atoms with E-state index >= 15 is 0 Å². The fourth-order valence-electron chi connectivity index (χ4n) is 4.26. The molecule has 184 valence electrons. The first-order chi connectivity index (χ1) is 16.9. The molecule has 0 saturated heterocycles. The molecule has 1 aliphatic heterocycles. The van der Waals surface area contributed by atoms with Crippen LogP contribution in [-0.2, 0) is 9.53 Å². The highest BCUT2D eigenvalue weighted by Crippen LogP contribution is 2.42. The molecule has 0 aliphatic carbocycles. The Morgan fingerprint density at radius 2 is 1.91 bits per heavy atom. The minimum Gasteiger partial charge on any atom is -0.504 e. The summed E-state index contributed by atoms with van der Waals surface area (Å²) in [7, 11) is 3.05. The van der Waals surface area contributed by atoms with Crippen molar-refractivity contribution in [2.24, 2.45) is 0 Å². The number of amides is 1. The maximum Gasteiger partial charge on any atom is 0.290 e. The number of hydrogen-bond donors (Lipinski definition) is 2. The van der Waals surface area contributed by atoms with Crippen LogP contribution in [-0.4, -0.2) is 60.8 Å². The van der Waals surface area contributed by atoms with Crippen molar-refractivity contribution in [1.82, 2.24) is 4.90 Å². The van der Waals surface area contributed by atoms with E-state index in [1.807, 2.05) is 0 Å². The number of phenols is 1. The van der Waals surface area contributed by atoms with Crippen molar-refractivity contribution in [3.05, 3.63) is 65.1 Å². The summed E-state index contributed by atoms with van der Waals surface area (Å²) in [5.74, 6) is -1.38. The van der Waals surface area contributed by atoms with Gasteiger partial charge in [0.05, 0.1) is 25.3 Å². The summed E-state index contributed by atoms with van der Waals surface area (Å²) in [6.07, 6.45) is 0.492. The topological polar surface area (TPSA) is 119 Å². The van der Waals surface area contributed by atoms with Crippen molar-refractivity contribution in [3.63, 3.8) is 0 Å². The van der Waals surface area contributed by atoms with Gasteiger partial charge in [-0.1, -0.05) is 18.2 Å². The molecule has 1 amide bonds. The van der Waals surface area contributed by atoms with Crippen molar-refractivity contribution in [2.75, 3.05) is 34.0 Å². The van der Waals surface area contributed by atoms with E-state index in [1.54, 1.807) is 50.4 Å². The van der Waals surface area contributed by atoms with Crippen molar-refractivity contribution >= 4 is 22.7 Å². The number of phenolic OH excluding ortho intramolecular Hbond substituents is 1. The molecule has 3 aromatic rings. The zero-order valence-corrected chi connectivity index (χ0v) is 19.7. The fraction of sp³-hybridized carbons (Fsp3) is 0.308. The van der Waals surface area contributed by atoms with Crippen LogP contribution in [0.1, 0.15) is 35.5 Å². The van der Waals surface area contributed by atoms with Gasteiger partial charge in [-0.15, -0.1) is 0 Å². The SMILES string of the molecule is CCOc1cc(C2C(C(=O)c3cc4cccc(OC)c4o3)=C(O)C(=O)N2CCCOC)ccc1O. The summed E-state index contributed by atoms with van der Waals surface area (Å²) in [6, 6.07) is 10.5. The number of ether oxygens (including phenoxy) is 3. The average Bonchev–Trinajstić information content (AvgIpc) is 3.40. The van der Waals surface area contributed by atoms with E-state index in [-0.39, 0.29) is 29.4 Å². The number of carbonyl (C=O) groups excluding carboxylic acids is 2. The Bertz CT molecular complexity index is 1290. The molecule has 0 saturated carbocycles. The van der Waals surface area contributed by atoms with Crippen LogP contribution in [0.25, 0.3) is 11.0 Å². The number of ketones is 1. The Morgan fingerprint density at radius 3 is 2.63 bits per heavy atom. The summed E-state index contributed by atoms with van der Waals surface area (Å²) in [4.78, 5) is 28.2. The lowest BCUT2D eigenvalue weighted by Crippen LogP contribution is -2.32. The van der Waals surface area contributed by atoms with E-state index in [1.165, 1.54) is 18.1 Å². The monoisotopic (exact) mass is 481 g/mol. The third kappa shape index (κ3) is 4.42. The van der Waals surface area contributed by atoms with Gasteiger partial charge in [0.2, 0.25) is 5.78 Å². The van der Waals surface area contributed by atoms with Gasteiger partial charge in [-0.2, -0.15) is 0 Å². The van der Waals surface area contributed by atoms with Crippen LogP contribution in [0.3, 0.4) is 0 Å². The number of aliphatic hydroxyl groups excluding tert-OH is 1. The van der Waals surface area contributed by atoms with E-state index in [4.69, 9.17) is 18.6 Å². The highest BCUT2D eigenvalue weighted by atomic mass is 16.5. The van der Waals surface area contributed by atoms with Gasteiger partial charge in [0, 0.05) is 25.6 Å². The van der Waals surface area contributed by atoms with Crippen LogP contribution >= 0.6 is 0 Å². The first-order valence-electron chi connectivity index (χ1n) is 11.2. The summed E-state index contributed by atoms with van der Waals surface area (Å²) in [5.41, 5.74) is 0.774. The summed E-state index contributed by atoms with van der Waals surface area (Å²) in [6.45, 7) is 2.71. The molecule has 35 heavy (non-hydrogen) atoms. The van der Waals surface area contributed by atoms with Gasteiger partial charge in [-0.05, 0) is 43.2 Å². The predicted octanol–water partition coefficient (Wildman–Crippen LogP) is 4.16. The van der Waals surface area contributed by atoms with Gasteiger partial charge in [0.15, 0.2) is 34.4 Å². The van der Waals surface area contributed by atoms with E-state index in [2.05, 4.69) is 0 Å². The number of nitrogens with zero attached hydrogens (tertiary/aromatic N) is 1. The number of Topliss-reactive ketones (excluding diaryl/α,β-unsaturated/α-hetero) is 1. The van der Waals surface area contributed by atoms with E-state index < -0.39 is 23.5 Å². The summed E-state index contributed by atoms with van der Waals surface area (Å²) in [5, 5.41) is 21.6. The number of aromatic hydroxyl groups is 1. The highest BCUT2D eigenvalue weighted by molar-refractivity contribution is 6.16. The fourth-order valence-corrected chi connectivity index (χ4v) is 4.26. The van der Waals surface area contributed by atoms with Crippen molar-refractivity contribution in [2.45, 2.75) is 19.4 Å². The first kappa shape index (κ1) is 24.2. The maximum atomic E-state index is 13.7. The molecular weight excluding hydrogens is 454 g/mol.